The van der Waals surface area contributed by atoms with Crippen molar-refractivity contribution >= 4 is 40.7 Å². The number of halogens is 2. The molecule has 0 fully saturated rings. The Hall–Kier alpha value is -2.76. The number of rotatable bonds is 5. The van der Waals surface area contributed by atoms with Gasteiger partial charge >= 0.3 is 0 Å². The number of anilines is 1. The Morgan fingerprint density at radius 1 is 1.11 bits per heavy atom. The van der Waals surface area contributed by atoms with Crippen LogP contribution in [0.25, 0.3) is 0 Å². The number of hydrogen-bond donors (Lipinski definition) is 1. The summed E-state index contributed by atoms with van der Waals surface area (Å²) < 4.78 is 5.10. The number of benzene rings is 2. The summed E-state index contributed by atoms with van der Waals surface area (Å²) in [6.45, 7) is 2.15. The molecule has 0 bridgehead atoms. The van der Waals surface area contributed by atoms with Crippen molar-refractivity contribution in [2.45, 2.75) is 13.5 Å². The molecule has 1 N–H and O–H groups in total. The highest BCUT2D eigenvalue weighted by atomic mass is 35.5. The van der Waals surface area contributed by atoms with E-state index < -0.39 is 0 Å². The molecule has 0 spiro atoms. The van der Waals surface area contributed by atoms with Gasteiger partial charge in [0.05, 0.1) is 16.3 Å². The summed E-state index contributed by atoms with van der Waals surface area (Å²) in [6, 6.07) is 13.7. The second-order valence-corrected chi connectivity index (χ2v) is 7.12. The summed E-state index contributed by atoms with van der Waals surface area (Å²) in [5, 5.41) is 3.64. The minimum absolute atomic E-state index is 0.198. The fourth-order valence-corrected chi connectivity index (χ4v) is 3.08. The van der Waals surface area contributed by atoms with E-state index in [4.69, 9.17) is 27.6 Å². The molecule has 3 aromatic rings. The number of carbonyl (C=O) groups excluding carboxylic acids is 2. The first-order valence-corrected chi connectivity index (χ1v) is 9.26. The molecular formula is C21H18Cl2N2O3. The lowest BCUT2D eigenvalue weighted by Crippen LogP contribution is -2.26. The van der Waals surface area contributed by atoms with E-state index in [9.17, 15) is 9.59 Å². The van der Waals surface area contributed by atoms with Gasteiger partial charge in [0.2, 0.25) is 0 Å². The van der Waals surface area contributed by atoms with Crippen molar-refractivity contribution in [3.8, 4) is 0 Å². The van der Waals surface area contributed by atoms with Crippen LogP contribution in [0.1, 0.15) is 32.0 Å². The topological polar surface area (TPSA) is 62.6 Å². The molecule has 2 aromatic carbocycles. The lowest BCUT2D eigenvalue weighted by atomic mass is 10.1. The Balaban J connectivity index is 1.78. The summed E-state index contributed by atoms with van der Waals surface area (Å²) in [5.41, 5.74) is 2.57. The molecule has 0 saturated heterocycles. The average Bonchev–Trinajstić information content (AvgIpc) is 3.21. The number of nitrogens with one attached hydrogen (secondary N) is 1. The molecule has 0 radical (unpaired) electrons. The number of nitrogens with zero attached hydrogens (tertiary/aromatic N) is 1. The second kappa shape index (κ2) is 8.50. The van der Waals surface area contributed by atoms with E-state index >= 15 is 0 Å². The highest BCUT2D eigenvalue weighted by Crippen LogP contribution is 2.27. The Labute approximate surface area is 172 Å². The van der Waals surface area contributed by atoms with Gasteiger partial charge in [-0.1, -0.05) is 41.4 Å². The van der Waals surface area contributed by atoms with Crippen LogP contribution in [0.4, 0.5) is 5.69 Å². The lowest BCUT2D eigenvalue weighted by Gasteiger charge is -2.19. The van der Waals surface area contributed by atoms with Crippen LogP contribution >= 0.6 is 23.2 Å². The zero-order valence-electron chi connectivity index (χ0n) is 15.3. The van der Waals surface area contributed by atoms with E-state index in [1.165, 1.54) is 6.26 Å². The monoisotopic (exact) mass is 416 g/mol. The van der Waals surface area contributed by atoms with Crippen LogP contribution in [-0.4, -0.2) is 23.8 Å². The Morgan fingerprint density at radius 3 is 2.61 bits per heavy atom. The smallest absolute Gasteiger partial charge is 0.291 e. The quantitative estimate of drug-likeness (QED) is 0.603. The fraction of sp³-hybridized carbons (Fsp3) is 0.143. The van der Waals surface area contributed by atoms with Gasteiger partial charge in [0.1, 0.15) is 0 Å². The molecule has 1 aromatic heterocycles. The van der Waals surface area contributed by atoms with Crippen molar-refractivity contribution in [1.29, 1.82) is 0 Å². The van der Waals surface area contributed by atoms with E-state index in [1.807, 2.05) is 13.0 Å². The maximum absolute atomic E-state index is 12.8. The normalized spacial score (nSPS) is 10.6. The number of amides is 2. The van der Waals surface area contributed by atoms with E-state index in [1.54, 1.807) is 54.4 Å². The van der Waals surface area contributed by atoms with Crippen LogP contribution in [0, 0.1) is 6.92 Å². The van der Waals surface area contributed by atoms with Gasteiger partial charge in [-0.3, -0.25) is 9.59 Å². The van der Waals surface area contributed by atoms with Crippen molar-refractivity contribution in [3.05, 3.63) is 87.3 Å². The van der Waals surface area contributed by atoms with Crippen molar-refractivity contribution in [2.24, 2.45) is 0 Å². The van der Waals surface area contributed by atoms with Crippen LogP contribution < -0.4 is 5.32 Å². The third-order valence-electron chi connectivity index (χ3n) is 4.26. The molecule has 1 heterocycles. The van der Waals surface area contributed by atoms with Crippen molar-refractivity contribution in [3.63, 3.8) is 0 Å². The molecule has 0 unspecified atom stereocenters. The molecular weight excluding hydrogens is 399 g/mol. The highest BCUT2D eigenvalue weighted by molar-refractivity contribution is 6.42. The minimum atomic E-state index is -0.378. The van der Waals surface area contributed by atoms with E-state index in [0.717, 1.165) is 11.1 Å². The van der Waals surface area contributed by atoms with Gasteiger partial charge in [-0.15, -0.1) is 0 Å². The van der Waals surface area contributed by atoms with Gasteiger partial charge in [-0.25, -0.2) is 0 Å². The summed E-state index contributed by atoms with van der Waals surface area (Å²) in [6.07, 6.45) is 1.43. The van der Waals surface area contributed by atoms with Crippen LogP contribution in [0.2, 0.25) is 10.0 Å². The second-order valence-electron chi connectivity index (χ2n) is 6.34. The summed E-state index contributed by atoms with van der Waals surface area (Å²) in [4.78, 5) is 26.6. The van der Waals surface area contributed by atoms with Gasteiger partial charge in [0.15, 0.2) is 5.76 Å². The fourth-order valence-electron chi connectivity index (χ4n) is 2.70. The molecule has 7 heteroatoms. The van der Waals surface area contributed by atoms with Crippen LogP contribution in [0.5, 0.6) is 0 Å². The van der Waals surface area contributed by atoms with Gasteiger partial charge in [0, 0.05) is 24.8 Å². The van der Waals surface area contributed by atoms with Crippen molar-refractivity contribution in [1.82, 2.24) is 4.90 Å². The lowest BCUT2D eigenvalue weighted by molar-refractivity contribution is 0.0785. The number of aryl methyl sites for hydroxylation is 1. The molecule has 144 valence electrons. The highest BCUT2D eigenvalue weighted by Gasteiger charge is 2.17. The summed E-state index contributed by atoms with van der Waals surface area (Å²) in [7, 11) is 1.68. The maximum atomic E-state index is 12.8. The largest absolute Gasteiger partial charge is 0.459 e. The number of carbonyl (C=O) groups is 2. The molecule has 0 aliphatic rings. The zero-order valence-corrected chi connectivity index (χ0v) is 16.8. The summed E-state index contributed by atoms with van der Waals surface area (Å²) >= 11 is 12.3. The third-order valence-corrected chi connectivity index (χ3v) is 5.12. The van der Waals surface area contributed by atoms with Crippen molar-refractivity contribution < 1.29 is 14.0 Å². The molecule has 28 heavy (non-hydrogen) atoms. The molecule has 0 saturated carbocycles. The van der Waals surface area contributed by atoms with Crippen LogP contribution in [0.15, 0.2) is 59.2 Å². The van der Waals surface area contributed by atoms with Crippen LogP contribution in [-0.2, 0) is 6.54 Å². The van der Waals surface area contributed by atoms with Crippen molar-refractivity contribution in [2.75, 3.05) is 12.4 Å². The SMILES string of the molecule is Cc1ccc(C(=O)N(C)Cc2cccc(Cl)c2Cl)cc1NC(=O)c1ccco1. The Morgan fingerprint density at radius 2 is 1.89 bits per heavy atom. The Kier molecular flexibility index (Phi) is 6.07. The number of hydrogen-bond acceptors (Lipinski definition) is 3. The predicted molar refractivity (Wildman–Crippen MR) is 110 cm³/mol. The average molecular weight is 417 g/mol. The maximum Gasteiger partial charge on any atom is 0.291 e. The molecule has 0 aliphatic heterocycles. The summed E-state index contributed by atoms with van der Waals surface area (Å²) in [5.74, 6) is -0.384. The molecule has 2 amide bonds. The Bertz CT molecular complexity index is 1020. The van der Waals surface area contributed by atoms with E-state index in [2.05, 4.69) is 5.32 Å². The number of furan rings is 1. The molecule has 5 nitrogen and oxygen atoms in total. The first kappa shape index (κ1) is 20.0. The first-order valence-electron chi connectivity index (χ1n) is 8.50. The zero-order chi connectivity index (χ0) is 20.3. The van der Waals surface area contributed by atoms with E-state index in [-0.39, 0.29) is 17.6 Å². The van der Waals surface area contributed by atoms with Gasteiger partial charge in [-0.05, 0) is 48.4 Å². The molecule has 0 atom stereocenters. The third kappa shape index (κ3) is 4.38. The van der Waals surface area contributed by atoms with Gasteiger partial charge in [-0.2, -0.15) is 0 Å². The van der Waals surface area contributed by atoms with Gasteiger partial charge < -0.3 is 14.6 Å². The first-order chi connectivity index (χ1) is 13.4. The van der Waals surface area contributed by atoms with Gasteiger partial charge in [0.25, 0.3) is 11.8 Å². The standard InChI is InChI=1S/C21H18Cl2N2O3/c1-13-8-9-14(11-17(13)24-20(26)18-7-4-10-28-18)21(27)25(2)12-15-5-3-6-16(22)19(15)23/h3-11H,12H2,1-2H3,(H,24,26). The van der Waals surface area contributed by atoms with Crippen LogP contribution in [0.3, 0.4) is 0 Å². The predicted octanol–water partition coefficient (Wildman–Crippen LogP) is 5.42. The minimum Gasteiger partial charge on any atom is -0.459 e. The van der Waals surface area contributed by atoms with E-state index in [0.29, 0.717) is 27.8 Å². The molecule has 3 rings (SSSR count). The molecule has 0 aliphatic carbocycles.